The molecule has 5 heterocycles. The number of aromatic nitrogens is 6. The Morgan fingerprint density at radius 1 is 1.06 bits per heavy atom. The number of hydrogen-bond acceptors (Lipinski definition) is 6. The zero-order valence-corrected chi connectivity index (χ0v) is 19.8. The van der Waals surface area contributed by atoms with Gasteiger partial charge >= 0.3 is 12.1 Å². The van der Waals surface area contributed by atoms with Crippen LogP contribution in [0.5, 0.6) is 0 Å². The number of sulfonamides is 1. The molecule has 5 rings (SSSR count). The van der Waals surface area contributed by atoms with E-state index in [4.69, 9.17) is 14.9 Å². The van der Waals surface area contributed by atoms with Crippen molar-refractivity contribution in [2.24, 2.45) is 14.1 Å². The van der Waals surface area contributed by atoms with Crippen molar-refractivity contribution in [2.45, 2.75) is 42.4 Å². The first-order valence-electron chi connectivity index (χ1n) is 10.7. The van der Waals surface area contributed by atoms with E-state index in [-0.39, 0.29) is 10.4 Å². The minimum absolute atomic E-state index is 0.0450. The van der Waals surface area contributed by atoms with Crippen molar-refractivity contribution in [3.8, 4) is 11.3 Å². The smallest absolute Gasteiger partial charge is 0.475 e. The number of fused-ring (bicyclic) bond motifs is 2. The van der Waals surface area contributed by atoms with Crippen LogP contribution < -0.4 is 0 Å². The molecule has 0 atom stereocenters. The average Bonchev–Trinajstić information content (AvgIpc) is 3.55. The number of aryl methyl sites for hydroxylation is 2. The standard InChI is InChI=1S/C18H23N7O2S.C2HF3O2/c1-22-12-16(20-13-22)28(26,27)24-6-3-18(4-7-24)5-8-25-15(10-19-17(18)25)14-9-21-23(2)11-14;3-2(4,5)1(6)7/h9-13H,3-8H2,1-2H3;(H,6,7). The van der Waals surface area contributed by atoms with E-state index in [1.54, 1.807) is 26.8 Å². The van der Waals surface area contributed by atoms with Crippen LogP contribution in [0.4, 0.5) is 13.2 Å². The molecule has 11 nitrogen and oxygen atoms in total. The molecule has 2 aliphatic heterocycles. The van der Waals surface area contributed by atoms with Gasteiger partial charge in [0.15, 0.2) is 5.03 Å². The molecule has 0 radical (unpaired) electrons. The van der Waals surface area contributed by atoms with E-state index in [2.05, 4.69) is 14.6 Å². The lowest BCUT2D eigenvalue weighted by Crippen LogP contribution is -2.44. The van der Waals surface area contributed by atoms with Crippen LogP contribution in [0, 0.1) is 0 Å². The summed E-state index contributed by atoms with van der Waals surface area (Å²) >= 11 is 0. The Morgan fingerprint density at radius 3 is 2.20 bits per heavy atom. The van der Waals surface area contributed by atoms with Crippen molar-refractivity contribution >= 4 is 16.0 Å². The third-order valence-corrected chi connectivity index (χ3v) is 8.14. The van der Waals surface area contributed by atoms with Gasteiger partial charge in [-0.05, 0) is 19.3 Å². The second-order valence-corrected chi connectivity index (χ2v) is 10.5. The van der Waals surface area contributed by atoms with Gasteiger partial charge in [0.1, 0.15) is 5.82 Å². The number of alkyl halides is 3. The van der Waals surface area contributed by atoms with Crippen LogP contribution in [-0.2, 0) is 40.9 Å². The summed E-state index contributed by atoms with van der Waals surface area (Å²) in [5.41, 5.74) is 2.10. The highest BCUT2D eigenvalue weighted by atomic mass is 32.2. The highest BCUT2D eigenvalue weighted by molar-refractivity contribution is 7.89. The number of imidazole rings is 2. The predicted molar refractivity (Wildman–Crippen MR) is 116 cm³/mol. The number of hydrogen-bond donors (Lipinski definition) is 1. The fraction of sp³-hybridized carbons (Fsp3) is 0.500. The van der Waals surface area contributed by atoms with Crippen LogP contribution in [0.3, 0.4) is 0 Å². The summed E-state index contributed by atoms with van der Waals surface area (Å²) < 4.78 is 64.8. The van der Waals surface area contributed by atoms with Crippen molar-refractivity contribution in [2.75, 3.05) is 13.1 Å². The number of halogens is 3. The van der Waals surface area contributed by atoms with Crippen LogP contribution in [0.25, 0.3) is 11.3 Å². The van der Waals surface area contributed by atoms with E-state index in [0.717, 1.165) is 42.9 Å². The predicted octanol–water partition coefficient (Wildman–Crippen LogP) is 1.78. The van der Waals surface area contributed by atoms with Crippen molar-refractivity contribution in [3.63, 3.8) is 0 Å². The second-order valence-electron chi connectivity index (χ2n) is 8.64. The van der Waals surface area contributed by atoms with E-state index in [0.29, 0.717) is 13.1 Å². The maximum atomic E-state index is 12.9. The van der Waals surface area contributed by atoms with Gasteiger partial charge < -0.3 is 14.2 Å². The van der Waals surface area contributed by atoms with Crippen molar-refractivity contribution in [1.82, 2.24) is 33.2 Å². The lowest BCUT2D eigenvalue weighted by Gasteiger charge is -2.37. The number of piperidine rings is 1. The molecule has 0 aliphatic carbocycles. The molecule has 1 fully saturated rings. The van der Waals surface area contributed by atoms with Gasteiger partial charge in [-0.1, -0.05) is 0 Å². The maximum absolute atomic E-state index is 12.9. The largest absolute Gasteiger partial charge is 0.490 e. The van der Waals surface area contributed by atoms with Gasteiger partial charge in [0.25, 0.3) is 10.0 Å². The van der Waals surface area contributed by atoms with Gasteiger partial charge in [-0.15, -0.1) is 0 Å². The molecule has 3 aromatic heterocycles. The third kappa shape index (κ3) is 4.69. The van der Waals surface area contributed by atoms with Gasteiger partial charge in [-0.2, -0.15) is 22.6 Å². The number of nitrogens with zero attached hydrogens (tertiary/aromatic N) is 7. The highest BCUT2D eigenvalue weighted by Gasteiger charge is 2.46. The van der Waals surface area contributed by atoms with Crippen LogP contribution in [0.1, 0.15) is 25.1 Å². The van der Waals surface area contributed by atoms with Crippen molar-refractivity contribution in [3.05, 3.63) is 36.9 Å². The quantitative estimate of drug-likeness (QED) is 0.563. The first-order valence-corrected chi connectivity index (χ1v) is 12.1. The number of carboxylic acid groups (broad SMARTS) is 1. The summed E-state index contributed by atoms with van der Waals surface area (Å²) in [5, 5.41) is 11.5. The summed E-state index contributed by atoms with van der Waals surface area (Å²) in [6.07, 6.45) is 6.33. The Hall–Kier alpha value is -3.20. The zero-order valence-electron chi connectivity index (χ0n) is 19.0. The molecule has 1 N–H and O–H groups in total. The first kappa shape index (κ1) is 24.9. The van der Waals surface area contributed by atoms with Crippen LogP contribution in [0.2, 0.25) is 0 Å². The third-order valence-electron chi connectivity index (χ3n) is 6.35. The zero-order chi connectivity index (χ0) is 25.6. The molecule has 1 saturated heterocycles. The molecule has 3 aromatic rings. The molecular weight excluding hydrogens is 491 g/mol. The SMILES string of the molecule is Cn1cnc(S(=O)(=O)N2CCC3(CC2)CCn2c(-c4cnn(C)c4)cnc23)c1.O=C(O)C(F)(F)F. The Kier molecular flexibility index (Phi) is 6.25. The summed E-state index contributed by atoms with van der Waals surface area (Å²) in [4.78, 5) is 17.7. The minimum atomic E-state index is -5.08. The van der Waals surface area contributed by atoms with Gasteiger partial charge in [-0.3, -0.25) is 4.68 Å². The Labute approximate surface area is 198 Å². The number of carboxylic acids is 1. The summed E-state index contributed by atoms with van der Waals surface area (Å²) in [6, 6.07) is 0. The van der Waals surface area contributed by atoms with E-state index < -0.39 is 22.2 Å². The van der Waals surface area contributed by atoms with Crippen molar-refractivity contribution in [1.29, 1.82) is 0 Å². The topological polar surface area (TPSA) is 128 Å². The molecule has 0 aromatic carbocycles. The first-order chi connectivity index (χ1) is 16.3. The van der Waals surface area contributed by atoms with Crippen molar-refractivity contribution < 1.29 is 31.5 Å². The maximum Gasteiger partial charge on any atom is 0.490 e. The normalized spacial score (nSPS) is 17.7. The van der Waals surface area contributed by atoms with Gasteiger partial charge in [0.05, 0.1) is 24.4 Å². The fourth-order valence-corrected chi connectivity index (χ4v) is 5.94. The molecule has 190 valence electrons. The molecular formula is C20H24F3N7O4S. The minimum Gasteiger partial charge on any atom is -0.475 e. The molecule has 35 heavy (non-hydrogen) atoms. The monoisotopic (exact) mass is 515 g/mol. The Bertz CT molecular complexity index is 1330. The van der Waals surface area contributed by atoms with Crippen LogP contribution in [-0.4, -0.2) is 71.9 Å². The summed E-state index contributed by atoms with van der Waals surface area (Å²) in [5.74, 6) is -1.67. The van der Waals surface area contributed by atoms with Crippen LogP contribution >= 0.6 is 0 Å². The lowest BCUT2D eigenvalue weighted by molar-refractivity contribution is -0.192. The lowest BCUT2D eigenvalue weighted by atomic mass is 9.77. The molecule has 2 aliphatic rings. The molecule has 0 unspecified atom stereocenters. The number of aliphatic carboxylic acids is 1. The highest BCUT2D eigenvalue weighted by Crippen LogP contribution is 2.45. The van der Waals surface area contributed by atoms with E-state index >= 15 is 0 Å². The Balaban J connectivity index is 0.000000364. The Morgan fingerprint density at radius 2 is 1.69 bits per heavy atom. The van der Waals surface area contributed by atoms with E-state index in [1.165, 1.54) is 6.33 Å². The molecule has 1 spiro atoms. The average molecular weight is 516 g/mol. The van der Waals surface area contributed by atoms with E-state index in [1.807, 2.05) is 25.6 Å². The molecule has 0 bridgehead atoms. The molecule has 0 amide bonds. The van der Waals surface area contributed by atoms with E-state index in [9.17, 15) is 21.6 Å². The summed E-state index contributed by atoms with van der Waals surface area (Å²) in [6.45, 7) is 1.90. The summed E-state index contributed by atoms with van der Waals surface area (Å²) in [7, 11) is 0.143. The van der Waals surface area contributed by atoms with Gasteiger partial charge in [0.2, 0.25) is 0 Å². The van der Waals surface area contributed by atoms with Crippen LogP contribution in [0.15, 0.2) is 36.1 Å². The molecule has 15 heteroatoms. The van der Waals surface area contributed by atoms with Gasteiger partial charge in [0, 0.05) is 57.1 Å². The number of carbonyl (C=O) groups is 1. The number of rotatable bonds is 3. The molecule has 0 saturated carbocycles. The second kappa shape index (κ2) is 8.78. The van der Waals surface area contributed by atoms with Gasteiger partial charge in [-0.25, -0.2) is 23.2 Å². The fourth-order valence-electron chi connectivity index (χ4n) is 4.53.